The van der Waals surface area contributed by atoms with E-state index in [2.05, 4.69) is 0 Å². The van der Waals surface area contributed by atoms with Gasteiger partial charge in [0.05, 0.1) is 10.0 Å². The van der Waals surface area contributed by atoms with Crippen LogP contribution in [0.1, 0.15) is 37.2 Å². The van der Waals surface area contributed by atoms with Crippen LogP contribution in [0.4, 0.5) is 0 Å². The highest BCUT2D eigenvalue weighted by atomic mass is 35.5. The number of aliphatic carboxylic acids is 1. The summed E-state index contributed by atoms with van der Waals surface area (Å²) in [5, 5.41) is 10.3. The Morgan fingerprint density at radius 1 is 1.18 bits per heavy atom. The van der Waals surface area contributed by atoms with Gasteiger partial charge in [-0.3, -0.25) is 4.79 Å². The van der Waals surface area contributed by atoms with Gasteiger partial charge in [-0.05, 0) is 49.3 Å². The van der Waals surface area contributed by atoms with E-state index in [0.717, 1.165) is 24.8 Å². The van der Waals surface area contributed by atoms with Gasteiger partial charge in [0.1, 0.15) is 6.04 Å². The van der Waals surface area contributed by atoms with Crippen molar-refractivity contribution in [1.82, 2.24) is 4.90 Å². The van der Waals surface area contributed by atoms with Crippen LogP contribution in [-0.2, 0) is 9.59 Å². The molecule has 0 bridgehead atoms. The largest absolute Gasteiger partial charge is 0.480 e. The van der Waals surface area contributed by atoms with Crippen LogP contribution < -0.4 is 0 Å². The van der Waals surface area contributed by atoms with Crippen LogP contribution in [-0.4, -0.2) is 34.5 Å². The molecule has 0 aromatic heterocycles. The molecule has 1 amide bonds. The van der Waals surface area contributed by atoms with Crippen molar-refractivity contribution in [3.8, 4) is 0 Å². The zero-order valence-electron chi connectivity index (χ0n) is 12.0. The smallest absolute Gasteiger partial charge is 0.326 e. The Bertz CT molecular complexity index is 619. The Morgan fingerprint density at radius 2 is 1.95 bits per heavy atom. The zero-order valence-corrected chi connectivity index (χ0v) is 13.5. The van der Waals surface area contributed by atoms with Gasteiger partial charge in [0.25, 0.3) is 0 Å². The molecule has 3 unspecified atom stereocenters. The molecule has 118 valence electrons. The summed E-state index contributed by atoms with van der Waals surface area (Å²) in [5.74, 6) is -0.946. The van der Waals surface area contributed by atoms with Crippen LogP contribution in [0.5, 0.6) is 0 Å². The highest BCUT2D eigenvalue weighted by molar-refractivity contribution is 6.42. The first-order valence-corrected chi connectivity index (χ1v) is 8.23. The van der Waals surface area contributed by atoms with Crippen LogP contribution in [0.25, 0.3) is 0 Å². The topological polar surface area (TPSA) is 57.6 Å². The molecule has 6 heteroatoms. The van der Waals surface area contributed by atoms with Crippen molar-refractivity contribution >= 4 is 35.1 Å². The fraction of sp³-hybridized carbons (Fsp3) is 0.500. The molecule has 2 fully saturated rings. The Morgan fingerprint density at radius 3 is 2.64 bits per heavy atom. The van der Waals surface area contributed by atoms with Gasteiger partial charge in [-0.15, -0.1) is 0 Å². The van der Waals surface area contributed by atoms with Gasteiger partial charge >= 0.3 is 5.97 Å². The molecule has 22 heavy (non-hydrogen) atoms. The lowest BCUT2D eigenvalue weighted by atomic mass is 10.0. The lowest BCUT2D eigenvalue weighted by Gasteiger charge is -2.33. The number of rotatable bonds is 3. The molecule has 1 saturated heterocycles. The van der Waals surface area contributed by atoms with E-state index in [0.29, 0.717) is 23.0 Å². The summed E-state index contributed by atoms with van der Waals surface area (Å²) in [4.78, 5) is 25.5. The number of nitrogens with zero attached hydrogens (tertiary/aromatic N) is 1. The summed E-state index contributed by atoms with van der Waals surface area (Å²) in [6.07, 6.45) is 3.03. The average Bonchev–Trinajstić information content (AvgIpc) is 3.30. The van der Waals surface area contributed by atoms with Gasteiger partial charge in [0.15, 0.2) is 0 Å². The summed E-state index contributed by atoms with van der Waals surface area (Å²) < 4.78 is 0. The number of carboxylic acid groups (broad SMARTS) is 1. The van der Waals surface area contributed by atoms with Gasteiger partial charge in [-0.1, -0.05) is 29.3 Å². The number of amides is 1. The van der Waals surface area contributed by atoms with Crippen molar-refractivity contribution in [2.24, 2.45) is 5.92 Å². The molecule has 3 atom stereocenters. The second-order valence-electron chi connectivity index (χ2n) is 6.00. The lowest BCUT2D eigenvalue weighted by Crippen LogP contribution is -2.48. The fourth-order valence-corrected chi connectivity index (χ4v) is 3.55. The van der Waals surface area contributed by atoms with Gasteiger partial charge < -0.3 is 10.0 Å². The van der Waals surface area contributed by atoms with Crippen molar-refractivity contribution in [2.45, 2.75) is 37.6 Å². The Balaban J connectivity index is 1.71. The molecule has 1 aliphatic heterocycles. The maximum atomic E-state index is 12.6. The van der Waals surface area contributed by atoms with Gasteiger partial charge in [-0.25, -0.2) is 4.79 Å². The van der Waals surface area contributed by atoms with Crippen molar-refractivity contribution in [3.63, 3.8) is 0 Å². The maximum Gasteiger partial charge on any atom is 0.326 e. The quantitative estimate of drug-likeness (QED) is 0.914. The number of halogens is 2. The summed E-state index contributed by atoms with van der Waals surface area (Å²) in [6.45, 7) is 0.542. The second kappa shape index (κ2) is 6.09. The van der Waals surface area contributed by atoms with E-state index in [1.807, 2.05) is 6.07 Å². The van der Waals surface area contributed by atoms with Crippen LogP contribution >= 0.6 is 23.2 Å². The van der Waals surface area contributed by atoms with E-state index < -0.39 is 12.0 Å². The van der Waals surface area contributed by atoms with E-state index >= 15 is 0 Å². The summed E-state index contributed by atoms with van der Waals surface area (Å²) >= 11 is 11.9. The molecule has 1 N–H and O–H groups in total. The number of hydrogen-bond donors (Lipinski definition) is 1. The molecule has 0 radical (unpaired) electrons. The number of piperidine rings is 1. The predicted octanol–water partition coefficient (Wildman–Crippen LogP) is 3.56. The minimum atomic E-state index is -0.903. The molecule has 1 saturated carbocycles. The van der Waals surface area contributed by atoms with E-state index in [9.17, 15) is 14.7 Å². The number of likely N-dealkylation sites (tertiary alicyclic amines) is 1. The fourth-order valence-electron chi connectivity index (χ4n) is 3.24. The van der Waals surface area contributed by atoms with Gasteiger partial charge in [0, 0.05) is 12.5 Å². The van der Waals surface area contributed by atoms with Gasteiger partial charge in [-0.2, -0.15) is 0 Å². The minimum Gasteiger partial charge on any atom is -0.480 e. The normalized spacial score (nSPS) is 27.5. The molecule has 3 rings (SSSR count). The highest BCUT2D eigenvalue weighted by Gasteiger charge is 2.48. The molecule has 1 aromatic carbocycles. The van der Waals surface area contributed by atoms with Crippen LogP contribution in [0.3, 0.4) is 0 Å². The first-order chi connectivity index (χ1) is 10.5. The molecule has 0 spiro atoms. The first-order valence-electron chi connectivity index (χ1n) is 7.47. The number of carbonyl (C=O) groups excluding carboxylic acids is 1. The summed E-state index contributed by atoms with van der Waals surface area (Å²) in [7, 11) is 0. The van der Waals surface area contributed by atoms with Gasteiger partial charge in [0.2, 0.25) is 5.91 Å². The first kappa shape index (κ1) is 15.6. The Labute approximate surface area is 139 Å². The molecule has 1 heterocycles. The Hall–Kier alpha value is -1.26. The number of hydrogen-bond acceptors (Lipinski definition) is 2. The predicted molar refractivity (Wildman–Crippen MR) is 84.3 cm³/mol. The molecule has 2 aliphatic rings. The Kier molecular flexibility index (Phi) is 4.33. The van der Waals surface area contributed by atoms with Crippen LogP contribution in [0.15, 0.2) is 18.2 Å². The van der Waals surface area contributed by atoms with E-state index in [1.165, 1.54) is 0 Å². The third-order valence-electron chi connectivity index (χ3n) is 4.55. The SMILES string of the molecule is O=C(O)C1CCCCN1C(=O)C1CC1c1ccc(Cl)c(Cl)c1. The monoisotopic (exact) mass is 341 g/mol. The number of carboxylic acids is 1. The molecule has 1 aliphatic carbocycles. The van der Waals surface area contributed by atoms with Crippen molar-refractivity contribution in [1.29, 1.82) is 0 Å². The van der Waals surface area contributed by atoms with Crippen LogP contribution in [0.2, 0.25) is 10.0 Å². The standard InChI is InChI=1S/C16H17Cl2NO3/c17-12-5-4-9(7-13(12)18)10-8-11(10)15(20)19-6-2-1-3-14(19)16(21)22/h4-5,7,10-11,14H,1-3,6,8H2,(H,21,22). The summed E-state index contributed by atoms with van der Waals surface area (Å²) in [5.41, 5.74) is 0.997. The summed E-state index contributed by atoms with van der Waals surface area (Å²) in [6, 6.07) is 4.75. The molecule has 4 nitrogen and oxygen atoms in total. The highest BCUT2D eigenvalue weighted by Crippen LogP contribution is 2.49. The van der Waals surface area contributed by atoms with Crippen molar-refractivity contribution in [3.05, 3.63) is 33.8 Å². The molecular weight excluding hydrogens is 325 g/mol. The zero-order chi connectivity index (χ0) is 15.9. The average molecular weight is 342 g/mol. The lowest BCUT2D eigenvalue weighted by molar-refractivity contribution is -0.152. The third kappa shape index (κ3) is 2.95. The minimum absolute atomic E-state index is 0.0387. The maximum absolute atomic E-state index is 12.6. The van der Waals surface area contributed by atoms with Crippen molar-refractivity contribution < 1.29 is 14.7 Å². The third-order valence-corrected chi connectivity index (χ3v) is 5.29. The van der Waals surface area contributed by atoms with E-state index in [-0.39, 0.29) is 17.7 Å². The van der Waals surface area contributed by atoms with E-state index in [4.69, 9.17) is 23.2 Å². The molecular formula is C16H17Cl2NO3. The number of benzene rings is 1. The van der Waals surface area contributed by atoms with Crippen molar-refractivity contribution in [2.75, 3.05) is 6.54 Å². The molecule has 1 aromatic rings. The van der Waals surface area contributed by atoms with Crippen LogP contribution in [0, 0.1) is 5.92 Å². The second-order valence-corrected chi connectivity index (χ2v) is 6.82. The number of carbonyl (C=O) groups is 2. The van der Waals surface area contributed by atoms with E-state index in [1.54, 1.807) is 17.0 Å².